The van der Waals surface area contributed by atoms with Gasteiger partial charge < -0.3 is 15.2 Å². The van der Waals surface area contributed by atoms with Gasteiger partial charge in [0.05, 0.1) is 0 Å². The largest absolute Gasteiger partial charge is 0.356 e. The average Bonchev–Trinajstić information content (AvgIpc) is 2.98. The van der Waals surface area contributed by atoms with Crippen molar-refractivity contribution in [3.05, 3.63) is 47.1 Å². The third kappa shape index (κ3) is 7.31. The smallest absolute Gasteiger partial charge is 0.228 e. The normalized spacial score (nSPS) is 11.8. The van der Waals surface area contributed by atoms with Crippen molar-refractivity contribution in [1.29, 1.82) is 0 Å². The Morgan fingerprint density at radius 2 is 1.69 bits per heavy atom. The molecule has 0 radical (unpaired) electrons. The second-order valence-electron chi connectivity index (χ2n) is 7.11. The van der Waals surface area contributed by atoms with Crippen molar-refractivity contribution in [3.63, 3.8) is 0 Å². The third-order valence-electron chi connectivity index (χ3n) is 3.95. The SMILES string of the molecule is CN=C(NCCc1ccc(C(C)(C)C)cc1)NCCc1nc(C)no1.I. The summed E-state index contributed by atoms with van der Waals surface area (Å²) in [5.41, 5.74) is 2.87. The van der Waals surface area contributed by atoms with Gasteiger partial charge in [0.2, 0.25) is 5.89 Å². The Balaban J connectivity index is 0.00000338. The van der Waals surface area contributed by atoms with E-state index in [1.807, 2.05) is 6.92 Å². The van der Waals surface area contributed by atoms with Gasteiger partial charge in [-0.1, -0.05) is 50.2 Å². The van der Waals surface area contributed by atoms with Crippen molar-refractivity contribution in [2.45, 2.75) is 46.0 Å². The summed E-state index contributed by atoms with van der Waals surface area (Å²) >= 11 is 0. The van der Waals surface area contributed by atoms with E-state index in [4.69, 9.17) is 4.52 Å². The minimum Gasteiger partial charge on any atom is -0.356 e. The molecule has 0 atom stereocenters. The van der Waals surface area contributed by atoms with E-state index in [9.17, 15) is 0 Å². The molecule has 0 aliphatic rings. The molecule has 7 heteroatoms. The maximum Gasteiger partial charge on any atom is 0.228 e. The molecule has 0 saturated heterocycles. The van der Waals surface area contributed by atoms with Crippen molar-refractivity contribution in [2.24, 2.45) is 4.99 Å². The molecule has 0 fully saturated rings. The summed E-state index contributed by atoms with van der Waals surface area (Å²) in [5, 5.41) is 10.4. The van der Waals surface area contributed by atoms with Crippen LogP contribution in [0, 0.1) is 6.92 Å². The Morgan fingerprint density at radius 3 is 2.19 bits per heavy atom. The summed E-state index contributed by atoms with van der Waals surface area (Å²) < 4.78 is 5.09. The van der Waals surface area contributed by atoms with Gasteiger partial charge in [0.25, 0.3) is 0 Å². The first kappa shape index (κ1) is 22.4. The van der Waals surface area contributed by atoms with Crippen LogP contribution in [0.4, 0.5) is 0 Å². The van der Waals surface area contributed by atoms with Gasteiger partial charge in [0.15, 0.2) is 11.8 Å². The molecule has 1 aromatic carbocycles. The van der Waals surface area contributed by atoms with Gasteiger partial charge in [0.1, 0.15) is 0 Å². The third-order valence-corrected chi connectivity index (χ3v) is 3.95. The lowest BCUT2D eigenvalue weighted by Gasteiger charge is -2.19. The zero-order valence-electron chi connectivity index (χ0n) is 16.3. The first-order valence-electron chi connectivity index (χ1n) is 8.71. The van der Waals surface area contributed by atoms with Crippen molar-refractivity contribution in [1.82, 2.24) is 20.8 Å². The quantitative estimate of drug-likeness (QED) is 0.385. The lowest BCUT2D eigenvalue weighted by molar-refractivity contribution is 0.374. The summed E-state index contributed by atoms with van der Waals surface area (Å²) in [6.07, 6.45) is 1.63. The molecule has 0 aliphatic carbocycles. The van der Waals surface area contributed by atoms with E-state index >= 15 is 0 Å². The molecule has 0 bridgehead atoms. The highest BCUT2D eigenvalue weighted by Crippen LogP contribution is 2.22. The number of rotatable bonds is 6. The predicted molar refractivity (Wildman–Crippen MR) is 116 cm³/mol. The van der Waals surface area contributed by atoms with Gasteiger partial charge in [-0.2, -0.15) is 4.98 Å². The molecule has 6 nitrogen and oxygen atoms in total. The molecule has 2 N–H and O–H groups in total. The maximum absolute atomic E-state index is 5.09. The lowest BCUT2D eigenvalue weighted by atomic mass is 9.86. The molecule has 2 aromatic rings. The summed E-state index contributed by atoms with van der Waals surface area (Å²) in [7, 11) is 1.77. The van der Waals surface area contributed by atoms with Crippen LogP contribution in [-0.2, 0) is 18.3 Å². The Morgan fingerprint density at radius 1 is 1.08 bits per heavy atom. The van der Waals surface area contributed by atoms with Crippen LogP contribution >= 0.6 is 24.0 Å². The first-order chi connectivity index (χ1) is 11.9. The van der Waals surface area contributed by atoms with Crippen LogP contribution in [0.25, 0.3) is 0 Å². The maximum atomic E-state index is 5.09. The number of hydrogen-bond acceptors (Lipinski definition) is 4. The van der Waals surface area contributed by atoms with Crippen LogP contribution in [0.3, 0.4) is 0 Å². The minimum atomic E-state index is 0. The molecule has 0 aliphatic heterocycles. The van der Waals surface area contributed by atoms with E-state index in [1.165, 1.54) is 11.1 Å². The fraction of sp³-hybridized carbons (Fsp3) is 0.526. The van der Waals surface area contributed by atoms with Gasteiger partial charge in [-0.3, -0.25) is 4.99 Å². The van der Waals surface area contributed by atoms with Crippen molar-refractivity contribution in [2.75, 3.05) is 20.1 Å². The van der Waals surface area contributed by atoms with Gasteiger partial charge in [-0.25, -0.2) is 0 Å². The van der Waals surface area contributed by atoms with Crippen LogP contribution in [0.15, 0.2) is 33.8 Å². The van der Waals surface area contributed by atoms with E-state index < -0.39 is 0 Å². The molecular weight excluding hydrogens is 441 g/mol. The van der Waals surface area contributed by atoms with Crippen molar-refractivity contribution < 1.29 is 4.52 Å². The summed E-state index contributed by atoms with van der Waals surface area (Å²) in [4.78, 5) is 8.41. The second kappa shape index (κ2) is 10.5. The van der Waals surface area contributed by atoms with Crippen LogP contribution in [0.1, 0.15) is 43.6 Å². The number of aryl methyl sites for hydroxylation is 1. The number of hydrogen-bond donors (Lipinski definition) is 2. The number of benzene rings is 1. The van der Waals surface area contributed by atoms with Crippen LogP contribution in [0.2, 0.25) is 0 Å². The van der Waals surface area contributed by atoms with Crippen molar-refractivity contribution in [3.8, 4) is 0 Å². The number of aromatic nitrogens is 2. The van der Waals surface area contributed by atoms with Crippen molar-refractivity contribution >= 4 is 29.9 Å². The fourth-order valence-electron chi connectivity index (χ4n) is 2.45. The highest BCUT2D eigenvalue weighted by molar-refractivity contribution is 14.0. The molecule has 26 heavy (non-hydrogen) atoms. The highest BCUT2D eigenvalue weighted by atomic mass is 127. The van der Waals surface area contributed by atoms with Gasteiger partial charge in [0, 0.05) is 26.6 Å². The Bertz CT molecular complexity index is 689. The molecule has 0 amide bonds. The Labute approximate surface area is 173 Å². The molecule has 144 valence electrons. The number of guanidine groups is 1. The number of halogens is 1. The second-order valence-corrected chi connectivity index (χ2v) is 7.11. The molecule has 2 rings (SSSR count). The molecule has 1 aromatic heterocycles. The number of nitrogens with zero attached hydrogens (tertiary/aromatic N) is 3. The summed E-state index contributed by atoms with van der Waals surface area (Å²) in [5.74, 6) is 2.08. The summed E-state index contributed by atoms with van der Waals surface area (Å²) in [6, 6.07) is 8.84. The van der Waals surface area contributed by atoms with Crippen LogP contribution < -0.4 is 10.6 Å². The molecule has 0 unspecified atom stereocenters. The number of aliphatic imine (C=N–C) groups is 1. The average molecular weight is 471 g/mol. The Kier molecular flexibility index (Phi) is 9.04. The van der Waals surface area contributed by atoms with Crippen LogP contribution in [0.5, 0.6) is 0 Å². The monoisotopic (exact) mass is 471 g/mol. The number of nitrogens with one attached hydrogen (secondary N) is 2. The molecule has 0 spiro atoms. The van der Waals surface area contributed by atoms with E-state index in [2.05, 4.69) is 70.8 Å². The lowest BCUT2D eigenvalue weighted by Crippen LogP contribution is -2.39. The predicted octanol–water partition coefficient (Wildman–Crippen LogP) is 3.24. The molecule has 1 heterocycles. The minimum absolute atomic E-state index is 0. The topological polar surface area (TPSA) is 75.3 Å². The standard InChI is InChI=1S/C19H29N5O.HI/c1-14-23-17(25-24-14)11-13-22-18(20-5)21-12-10-15-6-8-16(9-7-15)19(2,3)4;/h6-9H,10-13H2,1-5H3,(H2,20,21,22);1H. The van der Waals surface area contributed by atoms with Gasteiger partial charge >= 0.3 is 0 Å². The zero-order valence-corrected chi connectivity index (χ0v) is 18.6. The molecular formula is C19H30IN5O. The summed E-state index contributed by atoms with van der Waals surface area (Å²) in [6.45, 7) is 10.0. The van der Waals surface area contributed by atoms with E-state index in [0.717, 1.165) is 18.9 Å². The first-order valence-corrected chi connectivity index (χ1v) is 8.71. The van der Waals surface area contributed by atoms with Gasteiger partial charge in [-0.05, 0) is 29.9 Å². The van der Waals surface area contributed by atoms with Gasteiger partial charge in [-0.15, -0.1) is 24.0 Å². The van der Waals surface area contributed by atoms with E-state index in [1.54, 1.807) is 7.05 Å². The van der Waals surface area contributed by atoms with E-state index in [0.29, 0.717) is 24.7 Å². The fourth-order valence-corrected chi connectivity index (χ4v) is 2.45. The molecule has 0 saturated carbocycles. The Hall–Kier alpha value is -1.64. The zero-order chi connectivity index (χ0) is 18.3. The van der Waals surface area contributed by atoms with E-state index in [-0.39, 0.29) is 29.4 Å². The highest BCUT2D eigenvalue weighted by Gasteiger charge is 2.12. The van der Waals surface area contributed by atoms with Crippen LogP contribution in [-0.4, -0.2) is 36.2 Å².